The Morgan fingerprint density at radius 3 is 2.64 bits per heavy atom. The van der Waals surface area contributed by atoms with Gasteiger partial charge in [-0.05, 0) is 25.3 Å². The van der Waals surface area contributed by atoms with Crippen molar-refractivity contribution in [1.29, 1.82) is 0 Å². The molecular formula is C15H21NO5S. The highest BCUT2D eigenvalue weighted by molar-refractivity contribution is 7.85. The minimum absolute atomic E-state index is 0.0493. The molecule has 1 amide bonds. The van der Waals surface area contributed by atoms with Gasteiger partial charge in [0.25, 0.3) is 10.1 Å². The summed E-state index contributed by atoms with van der Waals surface area (Å²) < 4.78 is 32.5. The molecule has 0 aromatic heterocycles. The van der Waals surface area contributed by atoms with Crippen molar-refractivity contribution in [2.45, 2.75) is 31.9 Å². The number of hydrogen-bond donors (Lipinski definition) is 0. The van der Waals surface area contributed by atoms with Gasteiger partial charge < -0.3 is 9.64 Å². The molecule has 1 heterocycles. The first-order valence-corrected chi connectivity index (χ1v) is 8.95. The number of carbonyl (C=O) groups is 1. The summed E-state index contributed by atoms with van der Waals surface area (Å²) in [4.78, 5) is 13.8. The van der Waals surface area contributed by atoms with Crippen molar-refractivity contribution in [2.75, 3.05) is 19.4 Å². The molecule has 1 aromatic rings. The smallest absolute Gasteiger partial charge is 0.410 e. The van der Waals surface area contributed by atoms with Crippen molar-refractivity contribution in [1.82, 2.24) is 4.90 Å². The van der Waals surface area contributed by atoms with Crippen LogP contribution in [0.4, 0.5) is 4.79 Å². The van der Waals surface area contributed by atoms with Gasteiger partial charge in [-0.15, -0.1) is 0 Å². The van der Waals surface area contributed by atoms with Gasteiger partial charge in [0.15, 0.2) is 0 Å². The molecule has 7 heteroatoms. The summed E-state index contributed by atoms with van der Waals surface area (Å²) in [5.74, 6) is 0. The topological polar surface area (TPSA) is 72.9 Å². The second kappa shape index (κ2) is 6.66. The molecule has 22 heavy (non-hydrogen) atoms. The van der Waals surface area contributed by atoms with Crippen LogP contribution in [0.1, 0.15) is 25.3 Å². The summed E-state index contributed by atoms with van der Waals surface area (Å²) in [6.45, 7) is 2.50. The maximum Gasteiger partial charge on any atom is 0.410 e. The van der Waals surface area contributed by atoms with Crippen LogP contribution in [0.25, 0.3) is 0 Å². The van der Waals surface area contributed by atoms with Crippen LogP contribution in [-0.2, 0) is 25.6 Å². The van der Waals surface area contributed by atoms with E-state index in [0.29, 0.717) is 13.0 Å². The average Bonchev–Trinajstić information content (AvgIpc) is 2.86. The fourth-order valence-corrected chi connectivity index (χ4v) is 2.98. The highest BCUT2D eigenvalue weighted by atomic mass is 32.2. The summed E-state index contributed by atoms with van der Waals surface area (Å²) in [5.41, 5.74) is 0.251. The Morgan fingerprint density at radius 1 is 1.32 bits per heavy atom. The van der Waals surface area contributed by atoms with Crippen molar-refractivity contribution in [3.05, 3.63) is 35.9 Å². The van der Waals surface area contributed by atoms with Crippen molar-refractivity contribution < 1.29 is 22.1 Å². The van der Waals surface area contributed by atoms with E-state index in [9.17, 15) is 13.2 Å². The van der Waals surface area contributed by atoms with Crippen molar-refractivity contribution >= 4 is 16.2 Å². The molecule has 0 saturated carbocycles. The molecule has 0 bridgehead atoms. The quantitative estimate of drug-likeness (QED) is 0.775. The molecule has 0 N–H and O–H groups in total. The third kappa shape index (κ3) is 4.45. The van der Waals surface area contributed by atoms with Gasteiger partial charge in [0.1, 0.15) is 6.61 Å². The Hall–Kier alpha value is -1.60. The zero-order chi connectivity index (χ0) is 16.2. The Labute approximate surface area is 131 Å². The first-order valence-electron chi connectivity index (χ1n) is 7.13. The standard InChI is InChI=1S/C15H21NO5S/c1-15(12-21-22(2,18)19)9-6-10-16(15)14(17)20-11-13-7-4-3-5-8-13/h3-5,7-8H,6,9-12H2,1-2H3/t15-/m1/s1. The predicted octanol–water partition coefficient (Wildman–Crippen LogP) is 2.15. The van der Waals surface area contributed by atoms with Crippen molar-refractivity contribution in [3.8, 4) is 0 Å². The van der Waals surface area contributed by atoms with Crippen LogP contribution < -0.4 is 0 Å². The number of amides is 1. The Bertz CT molecular complexity index is 616. The van der Waals surface area contributed by atoms with Crippen LogP contribution in [0.3, 0.4) is 0 Å². The van der Waals surface area contributed by atoms with E-state index in [0.717, 1.165) is 18.2 Å². The molecule has 0 unspecified atom stereocenters. The lowest BCUT2D eigenvalue weighted by Crippen LogP contribution is -2.48. The fraction of sp³-hybridized carbons (Fsp3) is 0.533. The SMILES string of the molecule is C[C@]1(COS(C)(=O)=O)CCCN1C(=O)OCc1ccccc1. The molecule has 6 nitrogen and oxygen atoms in total. The molecule has 0 spiro atoms. The van der Waals surface area contributed by atoms with Gasteiger partial charge >= 0.3 is 6.09 Å². The zero-order valence-corrected chi connectivity index (χ0v) is 13.6. The fourth-order valence-electron chi connectivity index (χ4n) is 2.52. The number of carbonyl (C=O) groups excluding carboxylic acids is 1. The van der Waals surface area contributed by atoms with E-state index in [-0.39, 0.29) is 13.2 Å². The molecule has 1 aromatic carbocycles. The number of benzene rings is 1. The number of hydrogen-bond acceptors (Lipinski definition) is 5. The first kappa shape index (κ1) is 16.8. The molecule has 1 aliphatic heterocycles. The summed E-state index contributed by atoms with van der Waals surface area (Å²) in [5, 5.41) is 0. The Balaban J connectivity index is 1.95. The molecular weight excluding hydrogens is 306 g/mol. The lowest BCUT2D eigenvalue weighted by atomic mass is 10.0. The van der Waals surface area contributed by atoms with E-state index in [1.807, 2.05) is 37.3 Å². The summed E-state index contributed by atoms with van der Waals surface area (Å²) in [6, 6.07) is 9.41. The molecule has 0 aliphatic carbocycles. The largest absolute Gasteiger partial charge is 0.445 e. The average molecular weight is 327 g/mol. The first-order chi connectivity index (χ1) is 10.3. The van der Waals surface area contributed by atoms with E-state index in [4.69, 9.17) is 8.92 Å². The minimum Gasteiger partial charge on any atom is -0.445 e. The minimum atomic E-state index is -3.53. The van der Waals surface area contributed by atoms with E-state index in [1.54, 1.807) is 4.90 Å². The van der Waals surface area contributed by atoms with Gasteiger partial charge in [0, 0.05) is 6.54 Å². The van der Waals surface area contributed by atoms with Crippen LogP contribution in [0.5, 0.6) is 0 Å². The Morgan fingerprint density at radius 2 is 2.00 bits per heavy atom. The van der Waals surface area contributed by atoms with Gasteiger partial charge in [0.2, 0.25) is 0 Å². The molecule has 1 aliphatic rings. The van der Waals surface area contributed by atoms with E-state index >= 15 is 0 Å². The monoisotopic (exact) mass is 327 g/mol. The molecule has 2 rings (SSSR count). The molecule has 1 fully saturated rings. The van der Waals surface area contributed by atoms with Crippen LogP contribution in [0.15, 0.2) is 30.3 Å². The lowest BCUT2D eigenvalue weighted by molar-refractivity contribution is 0.0520. The maximum atomic E-state index is 12.3. The number of nitrogens with zero attached hydrogens (tertiary/aromatic N) is 1. The highest BCUT2D eigenvalue weighted by Gasteiger charge is 2.41. The maximum absolute atomic E-state index is 12.3. The van der Waals surface area contributed by atoms with Gasteiger partial charge in [-0.25, -0.2) is 4.79 Å². The molecule has 1 saturated heterocycles. The number of likely N-dealkylation sites (tertiary alicyclic amines) is 1. The van der Waals surface area contributed by atoms with Crippen LogP contribution in [-0.4, -0.2) is 44.4 Å². The van der Waals surface area contributed by atoms with Gasteiger partial charge in [-0.1, -0.05) is 30.3 Å². The van der Waals surface area contributed by atoms with E-state index < -0.39 is 21.8 Å². The van der Waals surface area contributed by atoms with Crippen molar-refractivity contribution in [2.24, 2.45) is 0 Å². The third-order valence-electron chi connectivity index (χ3n) is 3.76. The highest BCUT2D eigenvalue weighted by Crippen LogP contribution is 2.30. The van der Waals surface area contributed by atoms with Crippen molar-refractivity contribution in [3.63, 3.8) is 0 Å². The van der Waals surface area contributed by atoms with Gasteiger partial charge in [-0.3, -0.25) is 4.18 Å². The molecule has 1 atom stereocenters. The molecule has 0 radical (unpaired) electrons. The second-order valence-corrected chi connectivity index (χ2v) is 7.40. The van der Waals surface area contributed by atoms with Crippen LogP contribution in [0.2, 0.25) is 0 Å². The van der Waals surface area contributed by atoms with Crippen LogP contribution in [0, 0.1) is 0 Å². The summed E-state index contributed by atoms with van der Waals surface area (Å²) >= 11 is 0. The summed E-state index contributed by atoms with van der Waals surface area (Å²) in [6.07, 6.45) is 2.04. The number of ether oxygens (including phenoxy) is 1. The van der Waals surface area contributed by atoms with Gasteiger partial charge in [0.05, 0.1) is 18.4 Å². The summed E-state index contributed by atoms with van der Waals surface area (Å²) in [7, 11) is -3.53. The third-order valence-corrected chi connectivity index (χ3v) is 4.30. The second-order valence-electron chi connectivity index (χ2n) is 5.76. The predicted molar refractivity (Wildman–Crippen MR) is 81.8 cm³/mol. The number of rotatable bonds is 5. The zero-order valence-electron chi connectivity index (χ0n) is 12.8. The van der Waals surface area contributed by atoms with E-state index in [2.05, 4.69) is 0 Å². The van der Waals surface area contributed by atoms with E-state index in [1.165, 1.54) is 0 Å². The molecule has 122 valence electrons. The van der Waals surface area contributed by atoms with Crippen LogP contribution >= 0.6 is 0 Å². The normalized spacial score (nSPS) is 21.8. The Kier molecular flexibility index (Phi) is 5.08. The van der Waals surface area contributed by atoms with Gasteiger partial charge in [-0.2, -0.15) is 8.42 Å². The lowest BCUT2D eigenvalue weighted by Gasteiger charge is -2.33.